The summed E-state index contributed by atoms with van der Waals surface area (Å²) < 4.78 is 71.3. The van der Waals surface area contributed by atoms with Crippen molar-refractivity contribution in [3.05, 3.63) is 41.0 Å². The van der Waals surface area contributed by atoms with Crippen molar-refractivity contribution in [2.45, 2.75) is 38.1 Å². The Morgan fingerprint density at radius 1 is 1.18 bits per heavy atom. The van der Waals surface area contributed by atoms with E-state index in [4.69, 9.17) is 21.2 Å². The number of oxime groups is 1. The standard InChI is InChI=1S/C20H20ClF3N4O5S/c1-12(27-32-2)15-11-14(33-18-10-9-17(21)25-26-18)7-8-16(15)28(34(30,31)20(22,23)24)19(29)13-5-3-4-6-13/h7-11,13H,3-6H2,1-2H3. The fourth-order valence-electron chi connectivity index (χ4n) is 3.52. The van der Waals surface area contributed by atoms with Crippen molar-refractivity contribution in [1.82, 2.24) is 10.2 Å². The van der Waals surface area contributed by atoms with Gasteiger partial charge in [-0.05, 0) is 44.0 Å². The van der Waals surface area contributed by atoms with Gasteiger partial charge in [0, 0.05) is 17.5 Å². The number of hydrogen-bond donors (Lipinski definition) is 0. The smallest absolute Gasteiger partial charge is 0.437 e. The van der Waals surface area contributed by atoms with Crippen LogP contribution in [0.1, 0.15) is 38.2 Å². The topological polar surface area (TPSA) is 111 Å². The second-order valence-corrected chi connectivity index (χ2v) is 9.53. The van der Waals surface area contributed by atoms with Gasteiger partial charge in [0.2, 0.25) is 11.8 Å². The van der Waals surface area contributed by atoms with Crippen LogP contribution in [-0.2, 0) is 19.7 Å². The second kappa shape index (κ2) is 10.1. The van der Waals surface area contributed by atoms with Crippen LogP contribution in [0, 0.1) is 5.92 Å². The van der Waals surface area contributed by atoms with Crippen LogP contribution in [0.15, 0.2) is 35.5 Å². The molecule has 1 saturated carbocycles. The highest BCUT2D eigenvalue weighted by Gasteiger charge is 2.54. The molecule has 1 aromatic carbocycles. The highest BCUT2D eigenvalue weighted by atomic mass is 35.5. The van der Waals surface area contributed by atoms with E-state index in [0.717, 1.165) is 6.07 Å². The molecule has 1 amide bonds. The second-order valence-electron chi connectivity index (χ2n) is 7.37. The summed E-state index contributed by atoms with van der Waals surface area (Å²) in [6, 6.07) is 6.29. The lowest BCUT2D eigenvalue weighted by Crippen LogP contribution is -2.47. The zero-order valence-corrected chi connectivity index (χ0v) is 19.6. The molecule has 1 aromatic heterocycles. The molecule has 0 N–H and O–H groups in total. The first-order valence-electron chi connectivity index (χ1n) is 10.0. The molecular weight excluding hydrogens is 501 g/mol. The van der Waals surface area contributed by atoms with Crippen LogP contribution in [0.2, 0.25) is 5.15 Å². The molecule has 1 aliphatic carbocycles. The van der Waals surface area contributed by atoms with Crippen LogP contribution >= 0.6 is 11.6 Å². The van der Waals surface area contributed by atoms with Crippen molar-refractivity contribution < 1.29 is 36.0 Å². The maximum atomic E-state index is 13.6. The van der Waals surface area contributed by atoms with Gasteiger partial charge in [0.05, 0.1) is 11.4 Å². The molecule has 0 saturated heterocycles. The maximum Gasteiger partial charge on any atom is 0.517 e. The van der Waals surface area contributed by atoms with Gasteiger partial charge in [0.25, 0.3) is 0 Å². The van der Waals surface area contributed by atoms with Crippen molar-refractivity contribution in [2.75, 3.05) is 11.4 Å². The summed E-state index contributed by atoms with van der Waals surface area (Å²) in [7, 11) is -4.86. The maximum absolute atomic E-state index is 13.6. The number of amides is 1. The minimum absolute atomic E-state index is 0.00624. The third-order valence-electron chi connectivity index (χ3n) is 5.07. The SMILES string of the molecule is CON=C(C)c1cc(Oc2ccc(Cl)nn2)ccc1N(C(=O)C1CCCC1)S(=O)(=O)C(F)(F)F. The summed E-state index contributed by atoms with van der Waals surface area (Å²) in [5.41, 5.74) is -6.35. The Hall–Kier alpha value is -2.93. The zero-order chi connectivity index (χ0) is 25.1. The van der Waals surface area contributed by atoms with Crippen molar-refractivity contribution in [2.24, 2.45) is 11.1 Å². The summed E-state index contributed by atoms with van der Waals surface area (Å²) >= 11 is 5.69. The summed E-state index contributed by atoms with van der Waals surface area (Å²) in [5, 5.41) is 11.2. The van der Waals surface area contributed by atoms with E-state index in [9.17, 15) is 26.4 Å². The van der Waals surface area contributed by atoms with Crippen molar-refractivity contribution in [3.8, 4) is 11.6 Å². The Kier molecular flexibility index (Phi) is 7.66. The van der Waals surface area contributed by atoms with Gasteiger partial charge in [0.15, 0.2) is 5.15 Å². The van der Waals surface area contributed by atoms with Gasteiger partial charge in [-0.3, -0.25) is 4.79 Å². The van der Waals surface area contributed by atoms with Gasteiger partial charge in [0.1, 0.15) is 12.9 Å². The predicted molar refractivity (Wildman–Crippen MR) is 117 cm³/mol. The molecule has 0 radical (unpaired) electrons. The Labute approximate surface area is 198 Å². The van der Waals surface area contributed by atoms with Crippen molar-refractivity contribution >= 4 is 38.9 Å². The lowest BCUT2D eigenvalue weighted by molar-refractivity contribution is -0.121. The molecule has 9 nitrogen and oxygen atoms in total. The summed E-state index contributed by atoms with van der Waals surface area (Å²) in [4.78, 5) is 17.8. The molecule has 1 fully saturated rings. The number of carbonyl (C=O) groups excluding carboxylic acids is 1. The Balaban J connectivity index is 2.16. The molecule has 1 heterocycles. The first kappa shape index (κ1) is 25.7. The van der Waals surface area contributed by atoms with E-state index in [-0.39, 0.29) is 32.4 Å². The Morgan fingerprint density at radius 3 is 2.41 bits per heavy atom. The number of hydrogen-bond acceptors (Lipinski definition) is 8. The van der Waals surface area contributed by atoms with Gasteiger partial charge >= 0.3 is 15.5 Å². The molecule has 34 heavy (non-hydrogen) atoms. The molecular formula is C20H20ClF3N4O5S. The molecule has 0 atom stereocenters. The summed E-state index contributed by atoms with van der Waals surface area (Å²) in [6.45, 7) is 1.38. The predicted octanol–water partition coefficient (Wildman–Crippen LogP) is 4.67. The summed E-state index contributed by atoms with van der Waals surface area (Å²) in [6.07, 6.45) is 1.81. The van der Waals surface area contributed by atoms with E-state index in [0.29, 0.717) is 25.7 Å². The molecule has 3 rings (SSSR count). The Morgan fingerprint density at radius 2 is 1.85 bits per heavy atom. The van der Waals surface area contributed by atoms with E-state index in [1.54, 1.807) is 0 Å². The Bertz CT molecular complexity index is 1180. The molecule has 0 bridgehead atoms. The number of anilines is 1. The van der Waals surface area contributed by atoms with Crippen LogP contribution in [0.3, 0.4) is 0 Å². The third kappa shape index (κ3) is 5.41. The number of ether oxygens (including phenoxy) is 1. The minimum atomic E-state index is -6.07. The molecule has 0 unspecified atom stereocenters. The highest BCUT2D eigenvalue weighted by molar-refractivity contribution is 7.94. The highest BCUT2D eigenvalue weighted by Crippen LogP contribution is 2.38. The first-order chi connectivity index (χ1) is 16.0. The third-order valence-corrected chi connectivity index (χ3v) is 6.72. The van der Waals surface area contributed by atoms with Crippen LogP contribution in [0.25, 0.3) is 0 Å². The number of rotatable bonds is 7. The molecule has 2 aromatic rings. The van der Waals surface area contributed by atoms with E-state index >= 15 is 0 Å². The van der Waals surface area contributed by atoms with Crippen molar-refractivity contribution in [3.63, 3.8) is 0 Å². The number of nitrogens with zero attached hydrogens (tertiary/aromatic N) is 4. The zero-order valence-electron chi connectivity index (χ0n) is 18.0. The van der Waals surface area contributed by atoms with E-state index in [2.05, 4.69) is 15.4 Å². The van der Waals surface area contributed by atoms with Crippen LogP contribution in [0.4, 0.5) is 18.9 Å². The van der Waals surface area contributed by atoms with Gasteiger partial charge < -0.3 is 9.57 Å². The number of carbonyl (C=O) groups is 1. The van der Waals surface area contributed by atoms with Gasteiger partial charge in [-0.1, -0.05) is 29.6 Å². The molecule has 1 aliphatic rings. The molecule has 184 valence electrons. The van der Waals surface area contributed by atoms with Crippen LogP contribution in [-0.4, -0.2) is 42.9 Å². The summed E-state index contributed by atoms with van der Waals surface area (Å²) in [5.74, 6) is -1.92. The van der Waals surface area contributed by atoms with E-state index < -0.39 is 33.0 Å². The normalized spacial score (nSPS) is 15.3. The fraction of sp³-hybridized carbons (Fsp3) is 0.400. The van der Waals surface area contributed by atoms with Gasteiger partial charge in [-0.15, -0.1) is 10.2 Å². The lowest BCUT2D eigenvalue weighted by atomic mass is 10.0. The number of sulfonamides is 1. The molecule has 14 heteroatoms. The number of benzene rings is 1. The number of halogens is 4. The van der Waals surface area contributed by atoms with E-state index in [1.807, 2.05) is 0 Å². The quantitative estimate of drug-likeness (QED) is 0.385. The number of alkyl halides is 3. The molecule has 0 spiro atoms. The largest absolute Gasteiger partial charge is 0.517 e. The van der Waals surface area contributed by atoms with Crippen molar-refractivity contribution in [1.29, 1.82) is 0 Å². The van der Waals surface area contributed by atoms with Crippen LogP contribution in [0.5, 0.6) is 11.6 Å². The number of aromatic nitrogens is 2. The van der Waals surface area contributed by atoms with Gasteiger partial charge in [-0.25, -0.2) is 0 Å². The van der Waals surface area contributed by atoms with E-state index in [1.165, 1.54) is 38.3 Å². The average molecular weight is 521 g/mol. The fourth-order valence-corrected chi connectivity index (χ4v) is 4.63. The first-order valence-corrected chi connectivity index (χ1v) is 11.8. The minimum Gasteiger partial charge on any atom is -0.437 e. The van der Waals surface area contributed by atoms with Crippen LogP contribution < -0.4 is 9.04 Å². The monoisotopic (exact) mass is 520 g/mol. The molecule has 0 aliphatic heterocycles. The average Bonchev–Trinajstić information content (AvgIpc) is 3.30. The van der Waals surface area contributed by atoms with Gasteiger partial charge in [-0.2, -0.15) is 25.9 Å². The lowest BCUT2D eigenvalue weighted by Gasteiger charge is -2.28.